The van der Waals surface area contributed by atoms with Crippen molar-refractivity contribution in [2.24, 2.45) is 5.41 Å². The lowest BCUT2D eigenvalue weighted by molar-refractivity contribution is 0.0620. The molecule has 2 N–H and O–H groups in total. The molecule has 0 spiro atoms. The van der Waals surface area contributed by atoms with Gasteiger partial charge in [-0.25, -0.2) is 9.87 Å². The van der Waals surface area contributed by atoms with Gasteiger partial charge < -0.3 is 4.90 Å². The molecule has 1 atom stereocenters. The fraction of sp³-hybridized carbons (Fsp3) is 0.632. The Balaban J connectivity index is 1.59. The van der Waals surface area contributed by atoms with E-state index in [-0.39, 0.29) is 11.4 Å². The minimum atomic E-state index is -0.663. The van der Waals surface area contributed by atoms with Crippen LogP contribution >= 0.6 is 0 Å². The number of rotatable bonds is 4. The van der Waals surface area contributed by atoms with Crippen LogP contribution in [-0.4, -0.2) is 53.1 Å². The maximum Gasteiger partial charge on any atom is 0.274 e. The molecule has 2 saturated heterocycles. The van der Waals surface area contributed by atoms with Gasteiger partial charge in [-0.1, -0.05) is 6.92 Å². The molecular formula is C19H26FN3O2. The SMILES string of the molecule is CC[C@H]1Cc2c(F)cc(C(=O)NO)cc2CN1CC12CC(C1)N(C)C2. The average Bonchev–Trinajstić information content (AvgIpc) is 3.04. The number of carbonyl (C=O) groups is 1. The van der Waals surface area contributed by atoms with Crippen molar-refractivity contribution >= 4 is 5.91 Å². The molecule has 3 heterocycles. The van der Waals surface area contributed by atoms with Crippen LogP contribution < -0.4 is 5.48 Å². The first-order chi connectivity index (χ1) is 11.9. The summed E-state index contributed by atoms with van der Waals surface area (Å²) in [6.45, 7) is 5.03. The van der Waals surface area contributed by atoms with Crippen LogP contribution in [-0.2, 0) is 13.0 Å². The highest BCUT2D eigenvalue weighted by atomic mass is 19.1. The topological polar surface area (TPSA) is 55.8 Å². The summed E-state index contributed by atoms with van der Waals surface area (Å²) in [6.07, 6.45) is 4.22. The van der Waals surface area contributed by atoms with Crippen molar-refractivity contribution in [2.75, 3.05) is 20.1 Å². The summed E-state index contributed by atoms with van der Waals surface area (Å²) in [5.41, 5.74) is 3.77. The van der Waals surface area contributed by atoms with Gasteiger partial charge in [0.1, 0.15) is 5.82 Å². The molecule has 1 aromatic rings. The van der Waals surface area contributed by atoms with Crippen LogP contribution in [0.4, 0.5) is 4.39 Å². The van der Waals surface area contributed by atoms with Gasteiger partial charge in [-0.15, -0.1) is 0 Å². The second-order valence-electron chi connectivity index (χ2n) is 8.19. The van der Waals surface area contributed by atoms with Gasteiger partial charge in [0.05, 0.1) is 0 Å². The molecule has 0 radical (unpaired) electrons. The summed E-state index contributed by atoms with van der Waals surface area (Å²) in [5, 5.41) is 8.83. The van der Waals surface area contributed by atoms with E-state index in [1.165, 1.54) is 18.9 Å². The third kappa shape index (κ3) is 2.76. The van der Waals surface area contributed by atoms with Crippen molar-refractivity contribution in [2.45, 2.75) is 51.2 Å². The van der Waals surface area contributed by atoms with Crippen molar-refractivity contribution in [3.63, 3.8) is 0 Å². The van der Waals surface area contributed by atoms with Crippen molar-refractivity contribution in [1.82, 2.24) is 15.3 Å². The van der Waals surface area contributed by atoms with Crippen molar-refractivity contribution in [3.8, 4) is 0 Å². The molecule has 6 heteroatoms. The first kappa shape index (κ1) is 16.9. The zero-order valence-electron chi connectivity index (χ0n) is 14.9. The van der Waals surface area contributed by atoms with Crippen LogP contribution in [0, 0.1) is 11.2 Å². The molecule has 2 bridgehead atoms. The van der Waals surface area contributed by atoms with Crippen molar-refractivity contribution in [1.29, 1.82) is 0 Å². The van der Waals surface area contributed by atoms with Gasteiger partial charge in [0.2, 0.25) is 0 Å². The Morgan fingerprint density at radius 3 is 2.80 bits per heavy atom. The minimum absolute atomic E-state index is 0.177. The number of hydrogen-bond acceptors (Lipinski definition) is 4. The highest BCUT2D eigenvalue weighted by Crippen LogP contribution is 2.52. The Bertz CT molecular complexity index is 702. The molecule has 1 amide bonds. The molecule has 5 nitrogen and oxygen atoms in total. The van der Waals surface area contributed by atoms with E-state index in [0.717, 1.165) is 36.7 Å². The molecule has 136 valence electrons. The number of carbonyl (C=O) groups excluding carboxylic acids is 1. The molecule has 1 aliphatic carbocycles. The average molecular weight is 347 g/mol. The lowest BCUT2D eigenvalue weighted by atomic mass is 9.69. The predicted molar refractivity (Wildman–Crippen MR) is 91.9 cm³/mol. The maximum absolute atomic E-state index is 14.5. The Morgan fingerprint density at radius 1 is 1.44 bits per heavy atom. The number of nitrogens with one attached hydrogen (secondary N) is 1. The maximum atomic E-state index is 14.5. The van der Waals surface area contributed by atoms with E-state index < -0.39 is 5.91 Å². The van der Waals surface area contributed by atoms with Gasteiger partial charge in [-0.05, 0) is 61.4 Å². The van der Waals surface area contributed by atoms with Crippen molar-refractivity contribution < 1.29 is 14.4 Å². The molecule has 3 fully saturated rings. The van der Waals surface area contributed by atoms with Gasteiger partial charge in [0, 0.05) is 37.3 Å². The number of nitrogens with zero attached hydrogens (tertiary/aromatic N) is 2. The fourth-order valence-electron chi connectivity index (χ4n) is 5.21. The van der Waals surface area contributed by atoms with Crippen LogP contribution in [0.25, 0.3) is 0 Å². The summed E-state index contributed by atoms with van der Waals surface area (Å²) in [7, 11) is 2.21. The van der Waals surface area contributed by atoms with E-state index in [0.29, 0.717) is 24.4 Å². The summed E-state index contributed by atoms with van der Waals surface area (Å²) < 4.78 is 14.5. The third-order valence-electron chi connectivity index (χ3n) is 6.54. The highest BCUT2D eigenvalue weighted by Gasteiger charge is 2.54. The fourth-order valence-corrected chi connectivity index (χ4v) is 5.21. The predicted octanol–water partition coefficient (Wildman–Crippen LogP) is 2.18. The van der Waals surface area contributed by atoms with Crippen LogP contribution in [0.5, 0.6) is 0 Å². The molecule has 5 rings (SSSR count). The smallest absolute Gasteiger partial charge is 0.274 e. The lowest BCUT2D eigenvalue weighted by Gasteiger charge is -2.45. The summed E-state index contributed by atoms with van der Waals surface area (Å²) >= 11 is 0. The number of hydroxylamine groups is 1. The van der Waals surface area contributed by atoms with Gasteiger partial charge in [-0.2, -0.15) is 0 Å². The number of benzene rings is 1. The normalized spacial score (nSPS) is 31.5. The van der Waals surface area contributed by atoms with E-state index in [1.807, 2.05) is 0 Å². The molecular weight excluding hydrogens is 321 g/mol. The third-order valence-corrected chi connectivity index (χ3v) is 6.54. The molecule has 1 saturated carbocycles. The molecule has 1 aromatic carbocycles. The molecule has 3 aliphatic heterocycles. The van der Waals surface area contributed by atoms with E-state index in [4.69, 9.17) is 5.21 Å². The zero-order valence-corrected chi connectivity index (χ0v) is 14.9. The highest BCUT2D eigenvalue weighted by molar-refractivity contribution is 5.93. The minimum Gasteiger partial charge on any atom is -0.303 e. The second-order valence-corrected chi connectivity index (χ2v) is 8.19. The van der Waals surface area contributed by atoms with Crippen LogP contribution in [0.3, 0.4) is 0 Å². The first-order valence-electron chi connectivity index (χ1n) is 9.15. The standard InChI is InChI=1S/C19H26FN3O2/c1-3-14-6-16-13(4-12(5-17(16)20)18(24)21-25)9-23(14)11-19-7-15(8-19)22(2)10-19/h4-5,14-15,25H,3,6-11H2,1-2H3,(H,21,24)/t14-,15?,19?/m0/s1. The van der Waals surface area contributed by atoms with E-state index in [2.05, 4.69) is 23.8 Å². The Hall–Kier alpha value is -1.50. The van der Waals surface area contributed by atoms with Gasteiger partial charge in [0.25, 0.3) is 5.91 Å². The zero-order chi connectivity index (χ0) is 17.8. The quantitative estimate of drug-likeness (QED) is 0.647. The Kier molecular flexibility index (Phi) is 4.09. The Morgan fingerprint density at radius 2 is 2.20 bits per heavy atom. The van der Waals surface area contributed by atoms with E-state index in [9.17, 15) is 9.18 Å². The number of fused-ring (bicyclic) bond motifs is 2. The monoisotopic (exact) mass is 347 g/mol. The van der Waals surface area contributed by atoms with Gasteiger partial charge in [-0.3, -0.25) is 14.9 Å². The van der Waals surface area contributed by atoms with Crippen molar-refractivity contribution in [3.05, 3.63) is 34.6 Å². The summed E-state index contributed by atoms with van der Waals surface area (Å²) in [6, 6.07) is 4.05. The van der Waals surface area contributed by atoms with Crippen LogP contribution in [0.2, 0.25) is 0 Å². The largest absolute Gasteiger partial charge is 0.303 e. The van der Waals surface area contributed by atoms with Crippen LogP contribution in [0.1, 0.15) is 47.7 Å². The lowest BCUT2D eigenvalue weighted by Crippen LogP contribution is -2.49. The summed E-state index contributed by atoms with van der Waals surface area (Å²) in [5.74, 6) is -1.000. The van der Waals surface area contributed by atoms with Gasteiger partial charge >= 0.3 is 0 Å². The molecule has 4 aliphatic rings. The molecule has 0 unspecified atom stereocenters. The first-order valence-corrected chi connectivity index (χ1v) is 9.15. The number of hydrogen-bond donors (Lipinski definition) is 2. The summed E-state index contributed by atoms with van der Waals surface area (Å²) in [4.78, 5) is 16.6. The molecule has 25 heavy (non-hydrogen) atoms. The second kappa shape index (κ2) is 6.04. The van der Waals surface area contributed by atoms with Crippen LogP contribution in [0.15, 0.2) is 12.1 Å². The molecule has 0 aromatic heterocycles. The number of halogens is 1. The number of amides is 1. The van der Waals surface area contributed by atoms with E-state index >= 15 is 0 Å². The van der Waals surface area contributed by atoms with Gasteiger partial charge in [0.15, 0.2) is 0 Å². The Labute approximate surface area is 147 Å². The van der Waals surface area contributed by atoms with E-state index in [1.54, 1.807) is 11.5 Å².